The zero-order valence-corrected chi connectivity index (χ0v) is 9.03. The Morgan fingerprint density at radius 3 is 2.79 bits per heavy atom. The first-order valence-electron chi connectivity index (χ1n) is 5.06. The fraction of sp³-hybridized carbons (Fsp3) is 0.700. The number of hydrogen-bond donors (Lipinski definition) is 0. The zero-order valence-electron chi connectivity index (χ0n) is 9.03. The number of ketones is 1. The molecule has 0 radical (unpaired) electrons. The van der Waals surface area contributed by atoms with E-state index in [1.807, 2.05) is 18.5 Å². The van der Waals surface area contributed by atoms with Gasteiger partial charge in [-0.05, 0) is 20.3 Å². The van der Waals surface area contributed by atoms with Crippen molar-refractivity contribution in [3.05, 3.63) is 12.2 Å². The van der Waals surface area contributed by atoms with Crippen LogP contribution in [0.1, 0.15) is 33.0 Å². The van der Waals surface area contributed by atoms with Gasteiger partial charge in [0.25, 0.3) is 0 Å². The predicted molar refractivity (Wildman–Crippen MR) is 53.9 cm³/mol. The summed E-state index contributed by atoms with van der Waals surface area (Å²) in [6, 6.07) is 0. The summed E-state index contributed by atoms with van der Waals surface area (Å²) in [5.41, 5.74) is 0. The van der Waals surface area contributed by atoms with Crippen molar-refractivity contribution in [1.82, 2.24) is 14.8 Å². The Morgan fingerprint density at radius 2 is 2.29 bits per heavy atom. The fourth-order valence-corrected chi connectivity index (χ4v) is 1.51. The maximum atomic E-state index is 11.2. The van der Waals surface area contributed by atoms with E-state index in [0.29, 0.717) is 6.42 Å². The van der Waals surface area contributed by atoms with Gasteiger partial charge in [0.05, 0.1) is 0 Å². The van der Waals surface area contributed by atoms with E-state index in [9.17, 15) is 4.79 Å². The summed E-state index contributed by atoms with van der Waals surface area (Å²) in [6.07, 6.45) is 3.12. The number of hydrogen-bond acceptors (Lipinski definition) is 3. The molecule has 0 spiro atoms. The standard InChI is InChI=1S/C10H17N3O/c1-4-9(8(3)14)6-10-11-7-12-13(10)5-2/h7,9H,4-6H2,1-3H3. The highest BCUT2D eigenvalue weighted by atomic mass is 16.1. The monoisotopic (exact) mass is 195 g/mol. The number of aromatic nitrogens is 3. The average Bonchev–Trinajstić information content (AvgIpc) is 2.60. The van der Waals surface area contributed by atoms with Crippen LogP contribution in [-0.2, 0) is 17.8 Å². The molecule has 0 fully saturated rings. The van der Waals surface area contributed by atoms with Gasteiger partial charge >= 0.3 is 0 Å². The number of nitrogens with zero attached hydrogens (tertiary/aromatic N) is 3. The van der Waals surface area contributed by atoms with Crippen molar-refractivity contribution in [2.24, 2.45) is 5.92 Å². The lowest BCUT2D eigenvalue weighted by molar-refractivity contribution is -0.120. The van der Waals surface area contributed by atoms with Gasteiger partial charge in [0.15, 0.2) is 0 Å². The van der Waals surface area contributed by atoms with Gasteiger partial charge in [-0.2, -0.15) is 5.10 Å². The highest BCUT2D eigenvalue weighted by molar-refractivity contribution is 5.78. The SMILES string of the molecule is CCC(Cc1ncnn1CC)C(C)=O. The zero-order chi connectivity index (χ0) is 10.6. The molecule has 1 aromatic heterocycles. The number of aryl methyl sites for hydroxylation is 1. The lowest BCUT2D eigenvalue weighted by Crippen LogP contribution is -2.16. The van der Waals surface area contributed by atoms with Crippen molar-refractivity contribution < 1.29 is 4.79 Å². The molecule has 78 valence electrons. The summed E-state index contributed by atoms with van der Waals surface area (Å²) >= 11 is 0. The van der Waals surface area contributed by atoms with Gasteiger partial charge in [-0.25, -0.2) is 4.98 Å². The van der Waals surface area contributed by atoms with Crippen LogP contribution in [0.25, 0.3) is 0 Å². The van der Waals surface area contributed by atoms with E-state index in [1.165, 1.54) is 0 Å². The molecule has 4 nitrogen and oxygen atoms in total. The molecule has 0 bridgehead atoms. The van der Waals surface area contributed by atoms with E-state index < -0.39 is 0 Å². The van der Waals surface area contributed by atoms with Crippen molar-refractivity contribution in [3.63, 3.8) is 0 Å². The Balaban J connectivity index is 2.71. The Labute approximate surface area is 84.3 Å². The number of Topliss-reactive ketones (excluding diaryl/α,β-unsaturated/α-hetero) is 1. The lowest BCUT2D eigenvalue weighted by Gasteiger charge is -2.10. The molecule has 0 aliphatic heterocycles. The molecule has 0 aromatic carbocycles. The molecule has 1 atom stereocenters. The molecule has 0 saturated carbocycles. The summed E-state index contributed by atoms with van der Waals surface area (Å²) in [6.45, 7) is 6.50. The van der Waals surface area contributed by atoms with E-state index in [-0.39, 0.29) is 11.7 Å². The molecule has 1 aromatic rings. The molecule has 0 amide bonds. The van der Waals surface area contributed by atoms with Gasteiger partial charge in [0.1, 0.15) is 17.9 Å². The second-order valence-electron chi connectivity index (χ2n) is 3.41. The van der Waals surface area contributed by atoms with Crippen LogP contribution >= 0.6 is 0 Å². The van der Waals surface area contributed by atoms with Gasteiger partial charge < -0.3 is 0 Å². The van der Waals surface area contributed by atoms with Crippen LogP contribution in [0.2, 0.25) is 0 Å². The van der Waals surface area contributed by atoms with Crippen molar-refractivity contribution in [3.8, 4) is 0 Å². The molecule has 1 heterocycles. The second kappa shape index (κ2) is 4.88. The fourth-order valence-electron chi connectivity index (χ4n) is 1.51. The molecule has 0 aliphatic rings. The topological polar surface area (TPSA) is 47.8 Å². The molecule has 1 unspecified atom stereocenters. The summed E-state index contributed by atoms with van der Waals surface area (Å²) in [5, 5.41) is 4.08. The summed E-state index contributed by atoms with van der Waals surface area (Å²) in [7, 11) is 0. The molecule has 0 N–H and O–H groups in total. The third-order valence-corrected chi connectivity index (χ3v) is 2.49. The van der Waals surface area contributed by atoms with Gasteiger partial charge in [0, 0.05) is 18.9 Å². The first-order chi connectivity index (χ1) is 6.69. The summed E-state index contributed by atoms with van der Waals surface area (Å²) in [4.78, 5) is 15.4. The minimum atomic E-state index is 0.0875. The van der Waals surface area contributed by atoms with E-state index in [0.717, 1.165) is 18.8 Å². The minimum absolute atomic E-state index is 0.0875. The molecular weight excluding hydrogens is 178 g/mol. The van der Waals surface area contributed by atoms with Crippen molar-refractivity contribution in [2.75, 3.05) is 0 Å². The highest BCUT2D eigenvalue weighted by Crippen LogP contribution is 2.11. The van der Waals surface area contributed by atoms with Crippen LogP contribution in [0.4, 0.5) is 0 Å². The van der Waals surface area contributed by atoms with Gasteiger partial charge in [-0.15, -0.1) is 0 Å². The molecule has 4 heteroatoms. The minimum Gasteiger partial charge on any atom is -0.300 e. The molecule has 0 saturated heterocycles. The van der Waals surface area contributed by atoms with E-state index >= 15 is 0 Å². The van der Waals surface area contributed by atoms with E-state index in [4.69, 9.17) is 0 Å². The third kappa shape index (κ3) is 2.40. The Morgan fingerprint density at radius 1 is 1.57 bits per heavy atom. The van der Waals surface area contributed by atoms with E-state index in [2.05, 4.69) is 10.1 Å². The van der Waals surface area contributed by atoms with Gasteiger partial charge in [-0.3, -0.25) is 9.48 Å². The highest BCUT2D eigenvalue weighted by Gasteiger charge is 2.15. The average molecular weight is 195 g/mol. The van der Waals surface area contributed by atoms with Crippen molar-refractivity contribution >= 4 is 5.78 Å². The smallest absolute Gasteiger partial charge is 0.138 e. The van der Waals surface area contributed by atoms with Crippen LogP contribution in [0.15, 0.2) is 6.33 Å². The summed E-state index contributed by atoms with van der Waals surface area (Å²) < 4.78 is 1.84. The van der Waals surface area contributed by atoms with Crippen molar-refractivity contribution in [1.29, 1.82) is 0 Å². The molecule has 14 heavy (non-hydrogen) atoms. The Hall–Kier alpha value is -1.19. The van der Waals surface area contributed by atoms with Crippen LogP contribution < -0.4 is 0 Å². The number of carbonyl (C=O) groups is 1. The van der Waals surface area contributed by atoms with Crippen LogP contribution in [0.5, 0.6) is 0 Å². The first-order valence-corrected chi connectivity index (χ1v) is 5.06. The normalized spacial score (nSPS) is 12.8. The summed E-state index contributed by atoms with van der Waals surface area (Å²) in [5.74, 6) is 1.23. The molecule has 0 aliphatic carbocycles. The third-order valence-electron chi connectivity index (χ3n) is 2.49. The molecule has 1 rings (SSSR count). The quantitative estimate of drug-likeness (QED) is 0.714. The Bertz CT molecular complexity index is 306. The number of rotatable bonds is 5. The Kier molecular flexibility index (Phi) is 3.80. The predicted octanol–water partition coefficient (Wildman–Crippen LogP) is 1.46. The second-order valence-corrected chi connectivity index (χ2v) is 3.41. The maximum absolute atomic E-state index is 11.2. The van der Waals surface area contributed by atoms with Crippen LogP contribution in [0.3, 0.4) is 0 Å². The van der Waals surface area contributed by atoms with Crippen molar-refractivity contribution in [2.45, 2.75) is 40.2 Å². The first kappa shape index (κ1) is 10.9. The largest absolute Gasteiger partial charge is 0.300 e. The van der Waals surface area contributed by atoms with Gasteiger partial charge in [0.2, 0.25) is 0 Å². The maximum Gasteiger partial charge on any atom is 0.138 e. The van der Waals surface area contributed by atoms with Gasteiger partial charge in [-0.1, -0.05) is 6.92 Å². The lowest BCUT2D eigenvalue weighted by atomic mass is 9.98. The molecular formula is C10H17N3O. The van der Waals surface area contributed by atoms with E-state index in [1.54, 1.807) is 13.3 Å². The van der Waals surface area contributed by atoms with Crippen LogP contribution in [0, 0.1) is 5.92 Å². The number of carbonyl (C=O) groups excluding carboxylic acids is 1. The van der Waals surface area contributed by atoms with Crippen LogP contribution in [-0.4, -0.2) is 20.5 Å².